The minimum atomic E-state index is -1.27. The molecule has 0 saturated heterocycles. The maximum atomic E-state index is 10.7. The monoisotopic (exact) mass is 166 g/mol. The fourth-order valence-electron chi connectivity index (χ4n) is 0.386. The van der Waals surface area contributed by atoms with Crippen LogP contribution in [-0.2, 0) is 20.3 Å². The highest BCUT2D eigenvalue weighted by molar-refractivity contribution is 7.85. The molecule has 0 heterocycles. The second kappa shape index (κ2) is 5.37. The highest BCUT2D eigenvalue weighted by atomic mass is 32.2. The zero-order valence-corrected chi connectivity index (χ0v) is 6.52. The molecular formula is C5H10O4S. The molecule has 0 amide bonds. The largest absolute Gasteiger partial charge is 0.481 e. The van der Waals surface area contributed by atoms with Crippen LogP contribution in [0.1, 0.15) is 0 Å². The van der Waals surface area contributed by atoms with Gasteiger partial charge in [-0.15, -0.1) is 0 Å². The van der Waals surface area contributed by atoms with E-state index in [-0.39, 0.29) is 5.75 Å². The first-order valence-electron chi connectivity index (χ1n) is 2.72. The zero-order chi connectivity index (χ0) is 7.98. The number of methoxy groups -OCH3 is 1. The van der Waals surface area contributed by atoms with E-state index in [1.807, 2.05) is 0 Å². The number of hydrogen-bond acceptors (Lipinski definition) is 3. The predicted molar refractivity (Wildman–Crippen MR) is 37.4 cm³/mol. The summed E-state index contributed by atoms with van der Waals surface area (Å²) in [6, 6.07) is 0. The number of rotatable bonds is 5. The Balaban J connectivity index is 3.35. The minimum absolute atomic E-state index is 0.288. The van der Waals surface area contributed by atoms with E-state index in [9.17, 15) is 9.00 Å². The number of hydrogen-bond donors (Lipinski definition) is 1. The summed E-state index contributed by atoms with van der Waals surface area (Å²) in [7, 11) is 0.210. The van der Waals surface area contributed by atoms with Crippen LogP contribution in [0.3, 0.4) is 0 Å². The van der Waals surface area contributed by atoms with Crippen molar-refractivity contribution in [2.75, 3.05) is 25.2 Å². The lowest BCUT2D eigenvalue weighted by Gasteiger charge is -1.95. The van der Waals surface area contributed by atoms with Crippen molar-refractivity contribution in [2.45, 2.75) is 0 Å². The van der Waals surface area contributed by atoms with E-state index in [0.717, 1.165) is 0 Å². The van der Waals surface area contributed by atoms with Crippen molar-refractivity contribution in [1.29, 1.82) is 0 Å². The summed E-state index contributed by atoms with van der Waals surface area (Å²) >= 11 is 0. The summed E-state index contributed by atoms with van der Waals surface area (Å²) in [5, 5.41) is 8.15. The smallest absolute Gasteiger partial charge is 0.316 e. The molecule has 0 aliphatic heterocycles. The van der Waals surface area contributed by atoms with Crippen molar-refractivity contribution in [1.82, 2.24) is 0 Å². The van der Waals surface area contributed by atoms with Gasteiger partial charge in [-0.25, -0.2) is 0 Å². The van der Waals surface area contributed by atoms with Gasteiger partial charge in [-0.3, -0.25) is 9.00 Å². The molecule has 10 heavy (non-hydrogen) atoms. The van der Waals surface area contributed by atoms with Gasteiger partial charge >= 0.3 is 5.97 Å². The quantitative estimate of drug-likeness (QED) is 0.596. The van der Waals surface area contributed by atoms with Crippen LogP contribution in [0.2, 0.25) is 0 Å². The molecule has 0 aromatic heterocycles. The Labute approximate surface area is 61.6 Å². The highest BCUT2D eigenvalue weighted by Gasteiger charge is 2.03. The van der Waals surface area contributed by atoms with Gasteiger partial charge in [-0.05, 0) is 0 Å². The summed E-state index contributed by atoms with van der Waals surface area (Å²) in [4.78, 5) is 9.94. The van der Waals surface area contributed by atoms with E-state index in [2.05, 4.69) is 4.74 Å². The molecule has 0 saturated carbocycles. The lowest BCUT2D eigenvalue weighted by atomic mass is 10.8. The van der Waals surface area contributed by atoms with Gasteiger partial charge < -0.3 is 9.84 Å². The molecule has 4 nitrogen and oxygen atoms in total. The Morgan fingerprint density at radius 2 is 2.30 bits per heavy atom. The first-order chi connectivity index (χ1) is 4.66. The summed E-state index contributed by atoms with van der Waals surface area (Å²) in [5.41, 5.74) is 0. The van der Waals surface area contributed by atoms with Gasteiger partial charge in [0, 0.05) is 23.7 Å². The predicted octanol–water partition coefficient (Wildman–Crippen LogP) is -0.534. The average molecular weight is 166 g/mol. The number of carboxylic acid groups (broad SMARTS) is 1. The Bertz CT molecular complexity index is 134. The summed E-state index contributed by atoms with van der Waals surface area (Å²) in [5.74, 6) is -1.03. The molecule has 0 radical (unpaired) electrons. The van der Waals surface area contributed by atoms with Gasteiger partial charge in [-0.2, -0.15) is 0 Å². The van der Waals surface area contributed by atoms with Gasteiger partial charge in [0.05, 0.1) is 6.61 Å². The van der Waals surface area contributed by atoms with Crippen molar-refractivity contribution >= 4 is 16.8 Å². The van der Waals surface area contributed by atoms with Crippen LogP contribution in [0, 0.1) is 0 Å². The standard InChI is InChI=1S/C5H10O4S/c1-9-2-3-10(8)4-5(6)7/h2-4H2,1H3,(H,6,7). The molecule has 0 fully saturated rings. The lowest BCUT2D eigenvalue weighted by Crippen LogP contribution is -2.14. The van der Waals surface area contributed by atoms with E-state index >= 15 is 0 Å². The maximum absolute atomic E-state index is 10.7. The molecule has 1 N–H and O–H groups in total. The van der Waals surface area contributed by atoms with Crippen LogP contribution in [0.25, 0.3) is 0 Å². The van der Waals surface area contributed by atoms with Crippen LogP contribution in [0.4, 0.5) is 0 Å². The first kappa shape index (κ1) is 9.58. The van der Waals surface area contributed by atoms with Crippen LogP contribution in [-0.4, -0.2) is 40.5 Å². The molecule has 1 unspecified atom stereocenters. The summed E-state index contributed by atoms with van der Waals surface area (Å²) in [6.07, 6.45) is 0. The second-order valence-corrected chi connectivity index (χ2v) is 3.25. The van der Waals surface area contributed by atoms with E-state index in [1.165, 1.54) is 7.11 Å². The van der Waals surface area contributed by atoms with E-state index in [0.29, 0.717) is 12.4 Å². The van der Waals surface area contributed by atoms with Crippen LogP contribution >= 0.6 is 0 Å². The van der Waals surface area contributed by atoms with Gasteiger partial charge in [-0.1, -0.05) is 0 Å². The minimum Gasteiger partial charge on any atom is -0.481 e. The third kappa shape index (κ3) is 5.71. The van der Waals surface area contributed by atoms with Crippen molar-refractivity contribution in [2.24, 2.45) is 0 Å². The fourth-order valence-corrected chi connectivity index (χ4v) is 1.16. The van der Waals surface area contributed by atoms with E-state index in [1.54, 1.807) is 0 Å². The lowest BCUT2D eigenvalue weighted by molar-refractivity contribution is -0.133. The third-order valence-corrected chi connectivity index (χ3v) is 1.99. The van der Waals surface area contributed by atoms with Gasteiger partial charge in [0.15, 0.2) is 0 Å². The topological polar surface area (TPSA) is 63.6 Å². The number of carboxylic acids is 1. The number of aliphatic carboxylic acids is 1. The van der Waals surface area contributed by atoms with Gasteiger partial charge in [0.2, 0.25) is 0 Å². The zero-order valence-electron chi connectivity index (χ0n) is 5.70. The van der Waals surface area contributed by atoms with E-state index in [4.69, 9.17) is 5.11 Å². The molecule has 0 aliphatic rings. The first-order valence-corrected chi connectivity index (χ1v) is 4.21. The SMILES string of the molecule is COCCS(=O)CC(=O)O. The highest BCUT2D eigenvalue weighted by Crippen LogP contribution is 1.82. The molecule has 60 valence electrons. The Hall–Kier alpha value is -0.420. The Morgan fingerprint density at radius 3 is 2.70 bits per heavy atom. The number of ether oxygens (including phenoxy) is 1. The molecule has 5 heteroatoms. The van der Waals surface area contributed by atoms with Crippen LogP contribution < -0.4 is 0 Å². The molecule has 0 aliphatic carbocycles. The average Bonchev–Trinajstić information content (AvgIpc) is 1.82. The summed E-state index contributed by atoms with van der Waals surface area (Å²) < 4.78 is 15.3. The maximum Gasteiger partial charge on any atom is 0.316 e. The van der Waals surface area contributed by atoms with E-state index < -0.39 is 16.8 Å². The Kier molecular flexibility index (Phi) is 5.15. The number of carbonyl (C=O) groups is 1. The van der Waals surface area contributed by atoms with Crippen molar-refractivity contribution in [3.8, 4) is 0 Å². The molecule has 0 aromatic rings. The molecule has 0 spiro atoms. The Morgan fingerprint density at radius 1 is 1.70 bits per heavy atom. The molecule has 0 bridgehead atoms. The van der Waals surface area contributed by atoms with Gasteiger partial charge in [0.1, 0.15) is 5.75 Å². The van der Waals surface area contributed by atoms with Crippen LogP contribution in [0.5, 0.6) is 0 Å². The third-order valence-electron chi connectivity index (χ3n) is 0.800. The normalized spacial score (nSPS) is 12.9. The van der Waals surface area contributed by atoms with Crippen LogP contribution in [0.15, 0.2) is 0 Å². The molecule has 1 atom stereocenters. The molecule has 0 aromatic carbocycles. The molecular weight excluding hydrogens is 156 g/mol. The fraction of sp³-hybridized carbons (Fsp3) is 0.800. The van der Waals surface area contributed by atoms with Crippen molar-refractivity contribution < 1.29 is 18.8 Å². The summed E-state index contributed by atoms with van der Waals surface area (Å²) in [6.45, 7) is 0.347. The van der Waals surface area contributed by atoms with Gasteiger partial charge in [0.25, 0.3) is 0 Å². The second-order valence-electron chi connectivity index (χ2n) is 1.67. The van der Waals surface area contributed by atoms with Crippen molar-refractivity contribution in [3.63, 3.8) is 0 Å². The molecule has 0 rings (SSSR count). The van der Waals surface area contributed by atoms with Crippen molar-refractivity contribution in [3.05, 3.63) is 0 Å².